The summed E-state index contributed by atoms with van der Waals surface area (Å²) in [6, 6.07) is 1.61. The van der Waals surface area contributed by atoms with E-state index in [1.54, 1.807) is 24.1 Å². The number of hydrogen-bond donors (Lipinski definition) is 1. The van der Waals surface area contributed by atoms with Gasteiger partial charge in [0, 0.05) is 44.8 Å². The Morgan fingerprint density at radius 3 is 2.36 bits per heavy atom. The minimum atomic E-state index is -0.310. The number of hydrogen-bond acceptors (Lipinski definition) is 5. The van der Waals surface area contributed by atoms with Gasteiger partial charge >= 0.3 is 0 Å². The first-order valence-corrected chi connectivity index (χ1v) is 7.42. The van der Waals surface area contributed by atoms with Crippen molar-refractivity contribution in [3.05, 3.63) is 18.0 Å². The van der Waals surface area contributed by atoms with Crippen molar-refractivity contribution >= 4 is 17.8 Å². The topological polar surface area (TPSA) is 78.4 Å². The molecule has 2 amide bonds. The third kappa shape index (κ3) is 4.16. The van der Waals surface area contributed by atoms with Crippen LogP contribution in [-0.4, -0.2) is 58.4 Å². The van der Waals surface area contributed by atoms with Gasteiger partial charge < -0.3 is 15.1 Å². The van der Waals surface area contributed by atoms with Crippen molar-refractivity contribution < 1.29 is 9.59 Å². The van der Waals surface area contributed by atoms with Gasteiger partial charge in [0.2, 0.25) is 11.9 Å². The Hall–Kier alpha value is -2.18. The second kappa shape index (κ2) is 6.29. The van der Waals surface area contributed by atoms with Crippen LogP contribution in [0.4, 0.5) is 5.95 Å². The lowest BCUT2D eigenvalue weighted by molar-refractivity contribution is -0.129. The van der Waals surface area contributed by atoms with Crippen LogP contribution >= 0.6 is 0 Å². The molecule has 1 aromatic heterocycles. The molecule has 1 aromatic rings. The molecule has 0 saturated carbocycles. The van der Waals surface area contributed by atoms with E-state index in [-0.39, 0.29) is 17.4 Å². The zero-order valence-corrected chi connectivity index (χ0v) is 13.6. The van der Waals surface area contributed by atoms with Crippen molar-refractivity contribution in [1.82, 2.24) is 20.2 Å². The maximum atomic E-state index is 12.2. The van der Waals surface area contributed by atoms with Gasteiger partial charge in [0.15, 0.2) is 0 Å². The number of anilines is 1. The van der Waals surface area contributed by atoms with E-state index >= 15 is 0 Å². The first kappa shape index (κ1) is 16.2. The minimum absolute atomic E-state index is 0.0823. The normalized spacial score (nSPS) is 15.6. The number of nitrogens with one attached hydrogen (secondary N) is 1. The molecule has 0 aromatic carbocycles. The van der Waals surface area contributed by atoms with Crippen molar-refractivity contribution in [2.45, 2.75) is 33.2 Å². The fraction of sp³-hybridized carbons (Fsp3) is 0.600. The van der Waals surface area contributed by atoms with Crippen LogP contribution in [0.25, 0.3) is 0 Å². The van der Waals surface area contributed by atoms with Gasteiger partial charge in [0.1, 0.15) is 5.69 Å². The Bertz CT molecular complexity index is 559. The maximum absolute atomic E-state index is 12.2. The number of rotatable bonds is 2. The van der Waals surface area contributed by atoms with Crippen molar-refractivity contribution in [2.75, 3.05) is 31.1 Å². The highest BCUT2D eigenvalue weighted by atomic mass is 16.2. The van der Waals surface area contributed by atoms with Crippen molar-refractivity contribution in [3.8, 4) is 0 Å². The summed E-state index contributed by atoms with van der Waals surface area (Å²) < 4.78 is 0. The highest BCUT2D eigenvalue weighted by Crippen LogP contribution is 2.12. The van der Waals surface area contributed by atoms with Crippen LogP contribution in [-0.2, 0) is 4.79 Å². The zero-order valence-electron chi connectivity index (χ0n) is 13.6. The molecule has 1 fully saturated rings. The van der Waals surface area contributed by atoms with Crippen LogP contribution in [0, 0.1) is 0 Å². The number of amides is 2. The second-order valence-electron chi connectivity index (χ2n) is 6.44. The molecule has 0 spiro atoms. The lowest BCUT2D eigenvalue weighted by atomic mass is 10.1. The fourth-order valence-electron chi connectivity index (χ4n) is 2.25. The van der Waals surface area contributed by atoms with Crippen LogP contribution < -0.4 is 10.2 Å². The van der Waals surface area contributed by atoms with Gasteiger partial charge in [-0.3, -0.25) is 9.59 Å². The van der Waals surface area contributed by atoms with Crippen LogP contribution in [0.5, 0.6) is 0 Å². The molecule has 2 rings (SSSR count). The standard InChI is InChI=1S/C15H23N5O2/c1-11(21)19-7-9-20(10-8-19)14-16-6-5-12(17-14)13(22)18-15(2,3)4/h5-6H,7-10H2,1-4H3,(H,18,22). The molecule has 1 aliphatic rings. The molecular weight excluding hydrogens is 282 g/mol. The van der Waals surface area contributed by atoms with Gasteiger partial charge in [-0.2, -0.15) is 0 Å². The molecule has 22 heavy (non-hydrogen) atoms. The monoisotopic (exact) mass is 305 g/mol. The Balaban J connectivity index is 2.06. The highest BCUT2D eigenvalue weighted by molar-refractivity contribution is 5.92. The zero-order chi connectivity index (χ0) is 16.3. The Labute approximate surface area is 130 Å². The molecule has 2 heterocycles. The molecule has 0 atom stereocenters. The highest BCUT2D eigenvalue weighted by Gasteiger charge is 2.22. The van der Waals surface area contributed by atoms with Gasteiger partial charge in [-0.1, -0.05) is 0 Å². The summed E-state index contributed by atoms with van der Waals surface area (Å²) in [5.41, 5.74) is 0.0453. The third-order valence-electron chi connectivity index (χ3n) is 3.37. The second-order valence-corrected chi connectivity index (χ2v) is 6.44. The van der Waals surface area contributed by atoms with Gasteiger partial charge in [0.05, 0.1) is 0 Å². The van der Waals surface area contributed by atoms with Crippen molar-refractivity contribution in [1.29, 1.82) is 0 Å². The van der Waals surface area contributed by atoms with Crippen molar-refractivity contribution in [3.63, 3.8) is 0 Å². The molecule has 1 aliphatic heterocycles. The molecule has 0 aliphatic carbocycles. The predicted octanol–water partition coefficient (Wildman–Crippen LogP) is 0.673. The van der Waals surface area contributed by atoms with E-state index < -0.39 is 0 Å². The average Bonchev–Trinajstić information content (AvgIpc) is 2.46. The van der Waals surface area contributed by atoms with Crippen LogP contribution in [0.15, 0.2) is 12.3 Å². The van der Waals surface area contributed by atoms with Gasteiger partial charge in [-0.05, 0) is 26.8 Å². The Morgan fingerprint density at radius 2 is 1.82 bits per heavy atom. The Kier molecular flexibility index (Phi) is 4.63. The number of aromatic nitrogens is 2. The van der Waals surface area contributed by atoms with E-state index in [0.29, 0.717) is 37.8 Å². The predicted molar refractivity (Wildman–Crippen MR) is 83.7 cm³/mol. The molecule has 0 radical (unpaired) electrons. The van der Waals surface area contributed by atoms with E-state index in [2.05, 4.69) is 15.3 Å². The summed E-state index contributed by atoms with van der Waals surface area (Å²) in [7, 11) is 0. The van der Waals surface area contributed by atoms with Gasteiger partial charge in [-0.15, -0.1) is 0 Å². The summed E-state index contributed by atoms with van der Waals surface area (Å²) in [4.78, 5) is 35.9. The fourth-order valence-corrected chi connectivity index (χ4v) is 2.25. The van der Waals surface area contributed by atoms with E-state index in [1.165, 1.54) is 0 Å². The van der Waals surface area contributed by atoms with Crippen molar-refractivity contribution in [2.24, 2.45) is 0 Å². The number of carbonyl (C=O) groups is 2. The summed E-state index contributed by atoms with van der Waals surface area (Å²) in [6.45, 7) is 9.99. The number of nitrogens with zero attached hydrogens (tertiary/aromatic N) is 4. The molecule has 1 N–H and O–H groups in total. The lowest BCUT2D eigenvalue weighted by Crippen LogP contribution is -2.48. The molecule has 1 saturated heterocycles. The van der Waals surface area contributed by atoms with E-state index in [0.717, 1.165) is 0 Å². The number of piperazine rings is 1. The minimum Gasteiger partial charge on any atom is -0.346 e. The van der Waals surface area contributed by atoms with E-state index in [1.807, 2.05) is 25.7 Å². The summed E-state index contributed by atoms with van der Waals surface area (Å²) in [5, 5.41) is 2.89. The average molecular weight is 305 g/mol. The first-order chi connectivity index (χ1) is 10.3. The summed E-state index contributed by atoms with van der Waals surface area (Å²) in [6.07, 6.45) is 1.59. The molecule has 0 unspecified atom stereocenters. The SMILES string of the molecule is CC(=O)N1CCN(c2nccc(C(=O)NC(C)(C)C)n2)CC1. The van der Waals surface area contributed by atoms with Crippen LogP contribution in [0.1, 0.15) is 38.2 Å². The molecule has 7 heteroatoms. The first-order valence-electron chi connectivity index (χ1n) is 7.42. The molecule has 7 nitrogen and oxygen atoms in total. The van der Waals surface area contributed by atoms with Crippen LogP contribution in [0.3, 0.4) is 0 Å². The Morgan fingerprint density at radius 1 is 1.18 bits per heavy atom. The lowest BCUT2D eigenvalue weighted by Gasteiger charge is -2.34. The quantitative estimate of drug-likeness (QED) is 0.869. The third-order valence-corrected chi connectivity index (χ3v) is 3.37. The number of carbonyl (C=O) groups excluding carboxylic acids is 2. The molecule has 120 valence electrons. The van der Waals surface area contributed by atoms with Gasteiger partial charge in [0.25, 0.3) is 5.91 Å². The van der Waals surface area contributed by atoms with E-state index in [4.69, 9.17) is 0 Å². The largest absolute Gasteiger partial charge is 0.346 e. The van der Waals surface area contributed by atoms with Crippen LogP contribution in [0.2, 0.25) is 0 Å². The maximum Gasteiger partial charge on any atom is 0.270 e. The summed E-state index contributed by atoms with van der Waals surface area (Å²) in [5.74, 6) is 0.405. The van der Waals surface area contributed by atoms with E-state index in [9.17, 15) is 9.59 Å². The van der Waals surface area contributed by atoms with Gasteiger partial charge in [-0.25, -0.2) is 9.97 Å². The molecule has 0 bridgehead atoms. The summed E-state index contributed by atoms with van der Waals surface area (Å²) >= 11 is 0. The smallest absolute Gasteiger partial charge is 0.270 e. The molecular formula is C15H23N5O2.